The second-order valence-electron chi connectivity index (χ2n) is 6.74. The highest BCUT2D eigenvalue weighted by Gasteiger charge is 2.13. The van der Waals surface area contributed by atoms with Crippen molar-refractivity contribution in [3.63, 3.8) is 0 Å². The van der Waals surface area contributed by atoms with Gasteiger partial charge in [0, 0.05) is 13.1 Å². The van der Waals surface area contributed by atoms with Gasteiger partial charge in [0.15, 0.2) is 0 Å². The maximum absolute atomic E-state index is 9.66. The maximum atomic E-state index is 9.66. The molecule has 1 rings (SSSR count). The van der Waals surface area contributed by atoms with E-state index in [-0.39, 0.29) is 0 Å². The number of hydrogen-bond donors (Lipinski definition) is 1. The largest absolute Gasteiger partial charge is 0.389 e. The first kappa shape index (κ1) is 18.3. The van der Waals surface area contributed by atoms with E-state index in [0.29, 0.717) is 11.8 Å². The summed E-state index contributed by atoms with van der Waals surface area (Å²) in [6, 6.07) is 5.91. The van der Waals surface area contributed by atoms with Crippen molar-refractivity contribution in [1.82, 2.24) is 0 Å². The van der Waals surface area contributed by atoms with Crippen LogP contribution in [0.2, 0.25) is 5.02 Å². The molecule has 0 aliphatic heterocycles. The Morgan fingerprint density at radius 3 is 1.90 bits per heavy atom. The summed E-state index contributed by atoms with van der Waals surface area (Å²) in [5.41, 5.74) is 1.96. The summed E-state index contributed by atoms with van der Waals surface area (Å²) in [5.74, 6) is 1.36. The molecule has 2 nitrogen and oxygen atoms in total. The summed E-state index contributed by atoms with van der Waals surface area (Å²) in [7, 11) is 0. The van der Waals surface area contributed by atoms with Crippen LogP contribution in [0.4, 0.5) is 5.69 Å². The number of rotatable bonds is 8. The topological polar surface area (TPSA) is 23.5 Å². The number of aliphatic hydroxyl groups is 1. The van der Waals surface area contributed by atoms with Crippen LogP contribution in [0.3, 0.4) is 0 Å². The summed E-state index contributed by atoms with van der Waals surface area (Å²) in [6.45, 7) is 12.8. The van der Waals surface area contributed by atoms with Crippen LogP contribution in [0.25, 0.3) is 0 Å². The SMILES string of the molecule is CC(C)CCN(CCC(C)C)c1ccc([C@H](C)O)cc1Cl. The van der Waals surface area contributed by atoms with Crippen molar-refractivity contribution in [2.75, 3.05) is 18.0 Å². The van der Waals surface area contributed by atoms with Crippen molar-refractivity contribution in [3.8, 4) is 0 Å². The van der Waals surface area contributed by atoms with Gasteiger partial charge in [-0.05, 0) is 49.3 Å². The fraction of sp³-hybridized carbons (Fsp3) is 0.667. The van der Waals surface area contributed by atoms with Gasteiger partial charge in [-0.3, -0.25) is 0 Å². The molecule has 0 saturated heterocycles. The van der Waals surface area contributed by atoms with E-state index in [4.69, 9.17) is 11.6 Å². The normalized spacial score (nSPS) is 13.0. The minimum absolute atomic E-state index is 0.476. The zero-order chi connectivity index (χ0) is 16.0. The smallest absolute Gasteiger partial charge is 0.0762 e. The van der Waals surface area contributed by atoms with Crippen molar-refractivity contribution in [3.05, 3.63) is 28.8 Å². The van der Waals surface area contributed by atoms with Crippen LogP contribution >= 0.6 is 11.6 Å². The first-order valence-electron chi connectivity index (χ1n) is 8.03. The van der Waals surface area contributed by atoms with Gasteiger partial charge in [0.2, 0.25) is 0 Å². The number of hydrogen-bond acceptors (Lipinski definition) is 2. The molecule has 21 heavy (non-hydrogen) atoms. The van der Waals surface area contributed by atoms with Gasteiger partial charge < -0.3 is 10.0 Å². The minimum atomic E-state index is -0.476. The Morgan fingerprint density at radius 1 is 1.00 bits per heavy atom. The molecule has 3 heteroatoms. The number of benzene rings is 1. The summed E-state index contributed by atoms with van der Waals surface area (Å²) in [6.07, 6.45) is 1.84. The molecule has 0 aromatic heterocycles. The fourth-order valence-electron chi connectivity index (χ4n) is 2.22. The quantitative estimate of drug-likeness (QED) is 0.705. The molecular weight excluding hydrogens is 282 g/mol. The number of anilines is 1. The Labute approximate surface area is 135 Å². The second-order valence-corrected chi connectivity index (χ2v) is 7.15. The van der Waals surface area contributed by atoms with E-state index >= 15 is 0 Å². The highest BCUT2D eigenvalue weighted by Crippen LogP contribution is 2.30. The average Bonchev–Trinajstić information content (AvgIpc) is 2.38. The predicted molar refractivity (Wildman–Crippen MR) is 93.2 cm³/mol. The first-order valence-corrected chi connectivity index (χ1v) is 8.41. The highest BCUT2D eigenvalue weighted by molar-refractivity contribution is 6.33. The molecule has 0 fully saturated rings. The molecule has 120 valence electrons. The molecule has 0 bridgehead atoms. The van der Waals surface area contributed by atoms with Crippen molar-refractivity contribution >= 4 is 17.3 Å². The van der Waals surface area contributed by atoms with Crippen molar-refractivity contribution in [2.45, 2.75) is 53.6 Å². The Kier molecular flexibility index (Phi) is 7.55. The van der Waals surface area contributed by atoms with E-state index in [9.17, 15) is 5.11 Å². The van der Waals surface area contributed by atoms with Crippen LogP contribution in [0.1, 0.15) is 59.1 Å². The van der Waals surface area contributed by atoms with Crippen LogP contribution in [-0.4, -0.2) is 18.2 Å². The maximum Gasteiger partial charge on any atom is 0.0762 e. The molecule has 1 N–H and O–H groups in total. The summed E-state index contributed by atoms with van der Waals surface area (Å²) in [4.78, 5) is 2.38. The molecule has 0 amide bonds. The molecule has 0 aliphatic carbocycles. The van der Waals surface area contributed by atoms with Gasteiger partial charge in [0.1, 0.15) is 0 Å². The van der Waals surface area contributed by atoms with Crippen molar-refractivity contribution < 1.29 is 5.11 Å². The van der Waals surface area contributed by atoms with Crippen LogP contribution in [0.15, 0.2) is 18.2 Å². The van der Waals surface area contributed by atoms with Crippen LogP contribution in [0, 0.1) is 11.8 Å². The molecule has 1 aromatic rings. The van der Waals surface area contributed by atoms with E-state index in [2.05, 4.69) is 32.6 Å². The van der Waals surface area contributed by atoms with Gasteiger partial charge in [0.25, 0.3) is 0 Å². The fourth-order valence-corrected chi connectivity index (χ4v) is 2.53. The lowest BCUT2D eigenvalue weighted by Gasteiger charge is -2.28. The van der Waals surface area contributed by atoms with Gasteiger partial charge >= 0.3 is 0 Å². The van der Waals surface area contributed by atoms with E-state index in [1.165, 1.54) is 0 Å². The van der Waals surface area contributed by atoms with E-state index < -0.39 is 6.10 Å². The van der Waals surface area contributed by atoms with E-state index in [1.807, 2.05) is 18.2 Å². The Balaban J connectivity index is 2.90. The molecule has 1 aromatic carbocycles. The molecule has 0 unspecified atom stereocenters. The molecule has 0 spiro atoms. The summed E-state index contributed by atoms with van der Waals surface area (Å²) < 4.78 is 0. The third kappa shape index (κ3) is 6.27. The molecule has 1 atom stereocenters. The van der Waals surface area contributed by atoms with Crippen molar-refractivity contribution in [1.29, 1.82) is 0 Å². The summed E-state index contributed by atoms with van der Waals surface area (Å²) in [5, 5.41) is 10.4. The molecular formula is C18H30ClNO. The van der Waals surface area contributed by atoms with Gasteiger partial charge in [-0.15, -0.1) is 0 Å². The van der Waals surface area contributed by atoms with Crippen LogP contribution in [-0.2, 0) is 0 Å². The van der Waals surface area contributed by atoms with E-state index in [1.54, 1.807) is 6.92 Å². The molecule has 0 saturated carbocycles. The number of aliphatic hydroxyl groups excluding tert-OH is 1. The predicted octanol–water partition coefficient (Wildman–Crippen LogP) is 5.29. The van der Waals surface area contributed by atoms with Crippen LogP contribution in [0.5, 0.6) is 0 Å². The third-order valence-electron chi connectivity index (χ3n) is 3.75. The Morgan fingerprint density at radius 2 is 1.52 bits per heavy atom. The second kappa shape index (κ2) is 8.65. The monoisotopic (exact) mass is 311 g/mol. The zero-order valence-corrected chi connectivity index (χ0v) is 14.8. The molecule has 0 radical (unpaired) electrons. The third-order valence-corrected chi connectivity index (χ3v) is 4.05. The van der Waals surface area contributed by atoms with Gasteiger partial charge in [-0.1, -0.05) is 45.4 Å². The molecule has 0 aliphatic rings. The van der Waals surface area contributed by atoms with E-state index in [0.717, 1.165) is 42.2 Å². The van der Waals surface area contributed by atoms with Gasteiger partial charge in [-0.25, -0.2) is 0 Å². The zero-order valence-electron chi connectivity index (χ0n) is 14.1. The lowest BCUT2D eigenvalue weighted by molar-refractivity contribution is 0.199. The lowest BCUT2D eigenvalue weighted by atomic mass is 10.1. The lowest BCUT2D eigenvalue weighted by Crippen LogP contribution is -2.27. The Bertz CT molecular complexity index is 417. The number of halogens is 1. The van der Waals surface area contributed by atoms with Crippen molar-refractivity contribution in [2.24, 2.45) is 11.8 Å². The van der Waals surface area contributed by atoms with Gasteiger partial charge in [0.05, 0.1) is 16.8 Å². The summed E-state index contributed by atoms with van der Waals surface area (Å²) >= 11 is 6.45. The minimum Gasteiger partial charge on any atom is -0.389 e. The molecule has 0 heterocycles. The first-order chi connectivity index (χ1) is 9.81. The standard InChI is InChI=1S/C18H30ClNO/c1-13(2)8-10-20(11-9-14(3)4)18-7-6-16(15(5)21)12-17(18)19/h6-7,12-15,21H,8-11H2,1-5H3/t15-/m0/s1. The average molecular weight is 312 g/mol. The Hall–Kier alpha value is -0.730. The highest BCUT2D eigenvalue weighted by atomic mass is 35.5. The van der Waals surface area contributed by atoms with Crippen LogP contribution < -0.4 is 4.90 Å². The number of nitrogens with zero attached hydrogens (tertiary/aromatic N) is 1. The van der Waals surface area contributed by atoms with Gasteiger partial charge in [-0.2, -0.15) is 0 Å².